The molecule has 2 aliphatic heterocycles. The van der Waals surface area contributed by atoms with Crippen LogP contribution in [0, 0.1) is 12.7 Å². The SMILES string of the molecule is COCCOCCOCCOc1ccccc1-c1nccc(COc2ccc3cc2C[C@H](C(=O)O)Oc2ncnc4sc(-c5ccc(F)cc5)c(c24)-c2ccc(c(Cl)c2C)O[C@H](CO)CO3)n1. The van der Waals surface area contributed by atoms with Gasteiger partial charge in [0.25, 0.3) is 0 Å². The molecule has 0 radical (unpaired) electrons. The molecule has 4 aromatic carbocycles. The molecule has 0 unspecified atom stereocenters. The number of aliphatic carboxylic acids is 1. The van der Waals surface area contributed by atoms with Crippen molar-refractivity contribution < 1.29 is 57.3 Å². The largest absolute Gasteiger partial charge is 0.490 e. The minimum absolute atomic E-state index is 0.0145. The number of fused-ring (bicyclic) bond motifs is 7. The number of ether oxygens (including phenoxy) is 8. The number of carboxylic acids is 1. The van der Waals surface area contributed by atoms with Crippen molar-refractivity contribution in [2.24, 2.45) is 0 Å². The molecule has 2 aliphatic rings. The third-order valence-electron chi connectivity index (χ3n) is 10.6. The van der Waals surface area contributed by atoms with Crippen molar-refractivity contribution >= 4 is 39.1 Å². The number of hydrogen-bond donors (Lipinski definition) is 2. The van der Waals surface area contributed by atoms with Crippen LogP contribution >= 0.6 is 22.9 Å². The number of hydrogen-bond acceptors (Lipinski definition) is 15. The van der Waals surface area contributed by atoms with Crippen LogP contribution in [0.4, 0.5) is 4.39 Å². The fraction of sp³-hybridized carbons (Fsp3) is 0.286. The van der Waals surface area contributed by atoms with Gasteiger partial charge in [0.05, 0.1) is 61.3 Å². The number of carbonyl (C=O) groups is 1. The topological polar surface area (TPSA) is 183 Å². The molecule has 0 aliphatic carbocycles. The summed E-state index contributed by atoms with van der Waals surface area (Å²) < 4.78 is 61.4. The first kappa shape index (κ1) is 47.0. The number of thiophene rings is 1. The van der Waals surface area contributed by atoms with E-state index in [2.05, 4.69) is 15.0 Å². The van der Waals surface area contributed by atoms with Crippen molar-refractivity contribution in [2.75, 3.05) is 60.0 Å². The van der Waals surface area contributed by atoms with Crippen LogP contribution in [-0.2, 0) is 32.0 Å². The summed E-state index contributed by atoms with van der Waals surface area (Å²) in [4.78, 5) is 32.7. The van der Waals surface area contributed by atoms with Gasteiger partial charge in [0, 0.05) is 35.7 Å². The first-order valence-corrected chi connectivity index (χ1v) is 22.5. The van der Waals surface area contributed by atoms with E-state index in [4.69, 9.17) is 54.5 Å². The number of halogens is 2. The molecular formula is C49H46ClFN4O11S. The van der Waals surface area contributed by atoms with Crippen LogP contribution < -0.4 is 23.7 Å². The van der Waals surface area contributed by atoms with Gasteiger partial charge in [-0.05, 0) is 78.2 Å². The fourth-order valence-electron chi connectivity index (χ4n) is 7.24. The maximum absolute atomic E-state index is 14.2. The van der Waals surface area contributed by atoms with Crippen molar-refractivity contribution in [3.05, 3.63) is 125 Å². The van der Waals surface area contributed by atoms with Crippen molar-refractivity contribution in [3.63, 3.8) is 0 Å². The Bertz CT molecular complexity index is 2820. The third kappa shape index (κ3) is 11.4. The zero-order valence-corrected chi connectivity index (χ0v) is 38.1. The molecule has 0 saturated heterocycles. The standard InChI is InChI=1S/C49H46ClFN4O11S/c1-29-36-12-14-40(44(29)50)65-35(25-56)27-63-34-11-13-38(64-26-33-15-16-52-46(55-33)37-5-3-4-6-39(37)62-22-21-61-20-19-60-18-17-59-2)31(23-34)24-41(49(57)58)66-47-43-42(36)45(67-48(43)54-28-53-47)30-7-9-32(51)10-8-30/h3-16,23,28,35,41,56H,17-22,24-27H2,1-2H3,(H,57,58)/t35-,41-/m1/s1. The lowest BCUT2D eigenvalue weighted by atomic mass is 9.96. The highest BCUT2D eigenvalue weighted by Crippen LogP contribution is 2.49. The van der Waals surface area contributed by atoms with Gasteiger partial charge in [-0.25, -0.2) is 29.1 Å². The van der Waals surface area contributed by atoms with Crippen molar-refractivity contribution in [1.29, 1.82) is 0 Å². The lowest BCUT2D eigenvalue weighted by Crippen LogP contribution is -2.30. The van der Waals surface area contributed by atoms with E-state index in [0.29, 0.717) is 123 Å². The summed E-state index contributed by atoms with van der Waals surface area (Å²) in [5.74, 6) is 0.329. The summed E-state index contributed by atoms with van der Waals surface area (Å²) in [6.07, 6.45) is 0.411. The van der Waals surface area contributed by atoms with Crippen LogP contribution in [0.2, 0.25) is 5.02 Å². The summed E-state index contributed by atoms with van der Waals surface area (Å²) in [5.41, 5.74) is 4.20. The second kappa shape index (κ2) is 22.3. The molecule has 2 atom stereocenters. The molecule has 3 aromatic heterocycles. The quantitative estimate of drug-likeness (QED) is 0.0829. The number of nitrogens with zero attached hydrogens (tertiary/aromatic N) is 4. The van der Waals surface area contributed by atoms with E-state index in [9.17, 15) is 19.4 Å². The minimum atomic E-state index is -1.49. The van der Waals surface area contributed by atoms with Crippen LogP contribution in [0.15, 0.2) is 97.5 Å². The van der Waals surface area contributed by atoms with Crippen LogP contribution in [0.3, 0.4) is 0 Å². The minimum Gasteiger partial charge on any atom is -0.490 e. The number of para-hydroxylation sites is 1. The van der Waals surface area contributed by atoms with E-state index >= 15 is 0 Å². The highest BCUT2D eigenvalue weighted by molar-refractivity contribution is 7.22. The van der Waals surface area contributed by atoms with Crippen molar-refractivity contribution in [3.8, 4) is 61.8 Å². The summed E-state index contributed by atoms with van der Waals surface area (Å²) in [7, 11) is 1.62. The summed E-state index contributed by atoms with van der Waals surface area (Å²) in [6, 6.07) is 23.6. The van der Waals surface area contributed by atoms with E-state index < -0.39 is 30.6 Å². The molecule has 67 heavy (non-hydrogen) atoms. The summed E-state index contributed by atoms with van der Waals surface area (Å²) in [6.45, 7) is 3.86. The van der Waals surface area contributed by atoms with Crippen LogP contribution in [0.1, 0.15) is 16.8 Å². The molecule has 0 saturated carbocycles. The number of aromatic nitrogens is 4. The molecule has 9 rings (SSSR count). The molecule has 348 valence electrons. The maximum atomic E-state index is 14.2. The van der Waals surface area contributed by atoms with Crippen LogP contribution in [-0.4, -0.2) is 108 Å². The second-order valence-electron chi connectivity index (χ2n) is 15.1. The Morgan fingerprint density at radius 3 is 2.46 bits per heavy atom. The van der Waals surface area contributed by atoms with E-state index in [-0.39, 0.29) is 30.5 Å². The zero-order chi connectivity index (χ0) is 46.7. The lowest BCUT2D eigenvalue weighted by molar-refractivity contribution is -0.145. The van der Waals surface area contributed by atoms with Gasteiger partial charge in [0.2, 0.25) is 12.0 Å². The first-order valence-electron chi connectivity index (χ1n) is 21.3. The molecule has 0 amide bonds. The van der Waals surface area contributed by atoms with Gasteiger partial charge in [0.15, 0.2) is 11.9 Å². The monoisotopic (exact) mass is 952 g/mol. The molecule has 4 bridgehead atoms. The van der Waals surface area contributed by atoms with E-state index in [1.807, 2.05) is 37.3 Å². The van der Waals surface area contributed by atoms with E-state index in [1.54, 1.807) is 55.8 Å². The molecule has 15 nitrogen and oxygen atoms in total. The van der Waals surface area contributed by atoms with E-state index in [1.165, 1.54) is 29.8 Å². The summed E-state index contributed by atoms with van der Waals surface area (Å²) in [5, 5.41) is 21.8. The molecule has 0 fully saturated rings. The summed E-state index contributed by atoms with van der Waals surface area (Å²) >= 11 is 8.31. The fourth-order valence-corrected chi connectivity index (χ4v) is 8.60. The number of carboxylic acid groups (broad SMARTS) is 1. The molecule has 7 aromatic rings. The van der Waals surface area contributed by atoms with Gasteiger partial charge < -0.3 is 48.1 Å². The third-order valence-corrected chi connectivity index (χ3v) is 12.2. The van der Waals surface area contributed by atoms with Gasteiger partial charge >= 0.3 is 5.97 Å². The number of aliphatic hydroxyl groups excluding tert-OH is 1. The second-order valence-corrected chi connectivity index (χ2v) is 16.5. The predicted molar refractivity (Wildman–Crippen MR) is 248 cm³/mol. The average molecular weight is 953 g/mol. The Balaban J connectivity index is 1.09. The van der Waals surface area contributed by atoms with Gasteiger partial charge in [-0.15, -0.1) is 11.3 Å². The Labute approximate surface area is 394 Å². The molecule has 2 N–H and O–H groups in total. The highest BCUT2D eigenvalue weighted by Gasteiger charge is 2.29. The number of benzene rings is 4. The maximum Gasteiger partial charge on any atom is 0.345 e. The first-order chi connectivity index (χ1) is 32.7. The lowest BCUT2D eigenvalue weighted by Gasteiger charge is -2.21. The molecule has 18 heteroatoms. The zero-order valence-electron chi connectivity index (χ0n) is 36.5. The Morgan fingerprint density at radius 2 is 1.67 bits per heavy atom. The van der Waals surface area contributed by atoms with Crippen molar-refractivity contribution in [1.82, 2.24) is 19.9 Å². The molecular weight excluding hydrogens is 907 g/mol. The van der Waals surface area contributed by atoms with Gasteiger partial charge in [-0.1, -0.05) is 41.9 Å². The van der Waals surface area contributed by atoms with Crippen molar-refractivity contribution in [2.45, 2.75) is 32.2 Å². The highest BCUT2D eigenvalue weighted by atomic mass is 35.5. The number of rotatable bonds is 17. The van der Waals surface area contributed by atoms with Gasteiger partial charge in [-0.3, -0.25) is 0 Å². The molecule has 0 spiro atoms. The van der Waals surface area contributed by atoms with Crippen LogP contribution in [0.25, 0.3) is 43.2 Å². The predicted octanol–water partition coefficient (Wildman–Crippen LogP) is 8.43. The van der Waals surface area contributed by atoms with Crippen LogP contribution in [0.5, 0.6) is 28.9 Å². The van der Waals surface area contributed by atoms with E-state index in [0.717, 1.165) is 0 Å². The average Bonchev–Trinajstić information content (AvgIpc) is 3.73. The number of aliphatic hydroxyl groups is 1. The normalized spacial score (nSPS) is 14.8. The van der Waals surface area contributed by atoms with Gasteiger partial charge in [-0.2, -0.15) is 0 Å². The smallest absolute Gasteiger partial charge is 0.345 e. The number of methoxy groups -OCH3 is 1. The Hall–Kier alpha value is -6.47. The Morgan fingerprint density at radius 1 is 0.881 bits per heavy atom. The molecule has 5 heterocycles. The Kier molecular flexibility index (Phi) is 15.7. The van der Waals surface area contributed by atoms with Gasteiger partial charge in [0.1, 0.15) is 59.8 Å².